The minimum absolute atomic E-state index is 0.137. The van der Waals surface area contributed by atoms with Gasteiger partial charge in [-0.1, -0.05) is 6.07 Å². The number of nitrogens with one attached hydrogen (secondary N) is 3. The van der Waals surface area contributed by atoms with Gasteiger partial charge >= 0.3 is 6.03 Å². The van der Waals surface area contributed by atoms with Crippen LogP contribution in [0.15, 0.2) is 24.3 Å². The highest BCUT2D eigenvalue weighted by Gasteiger charge is 2.16. The molecule has 0 saturated carbocycles. The van der Waals surface area contributed by atoms with E-state index in [2.05, 4.69) is 16.0 Å². The number of benzene rings is 1. The molecule has 1 heterocycles. The van der Waals surface area contributed by atoms with Crippen LogP contribution in [-0.2, 0) is 0 Å². The number of primary amides is 1. The molecule has 102 valence electrons. The van der Waals surface area contributed by atoms with Gasteiger partial charge in [-0.15, -0.1) is 0 Å². The normalized spacial score (nSPS) is 18.6. The Kier molecular flexibility index (Phi) is 4.35. The fraction of sp³-hybridized carbons (Fsp3) is 0.385. The van der Waals surface area contributed by atoms with Gasteiger partial charge in [0.2, 0.25) is 0 Å². The van der Waals surface area contributed by atoms with Gasteiger partial charge in [0, 0.05) is 23.8 Å². The Labute approximate surface area is 111 Å². The number of urea groups is 1. The number of hydrogen-bond donors (Lipinski definition) is 4. The van der Waals surface area contributed by atoms with Gasteiger partial charge in [0.05, 0.1) is 0 Å². The molecule has 1 aromatic carbocycles. The lowest BCUT2D eigenvalue weighted by molar-refractivity contribution is 0.0930. The van der Waals surface area contributed by atoms with Crippen LogP contribution in [0, 0.1) is 0 Å². The van der Waals surface area contributed by atoms with Crippen molar-refractivity contribution < 1.29 is 9.59 Å². The van der Waals surface area contributed by atoms with Crippen LogP contribution in [0.1, 0.15) is 23.2 Å². The molecule has 1 aliphatic heterocycles. The van der Waals surface area contributed by atoms with Crippen molar-refractivity contribution in [1.82, 2.24) is 10.6 Å². The van der Waals surface area contributed by atoms with Crippen LogP contribution in [-0.4, -0.2) is 31.1 Å². The monoisotopic (exact) mass is 262 g/mol. The van der Waals surface area contributed by atoms with Gasteiger partial charge in [0.25, 0.3) is 5.91 Å². The Morgan fingerprint density at radius 1 is 1.37 bits per heavy atom. The number of anilines is 1. The van der Waals surface area contributed by atoms with E-state index in [1.807, 2.05) is 0 Å². The zero-order valence-electron chi connectivity index (χ0n) is 10.6. The molecule has 5 N–H and O–H groups in total. The maximum Gasteiger partial charge on any atom is 0.316 e. The van der Waals surface area contributed by atoms with Crippen molar-refractivity contribution in [3.8, 4) is 0 Å². The van der Waals surface area contributed by atoms with Crippen LogP contribution >= 0.6 is 0 Å². The summed E-state index contributed by atoms with van der Waals surface area (Å²) in [4.78, 5) is 22.8. The molecule has 1 unspecified atom stereocenters. The Bertz CT molecular complexity index is 469. The number of carbonyl (C=O) groups is 2. The average molecular weight is 262 g/mol. The first-order valence-corrected chi connectivity index (χ1v) is 6.33. The molecule has 0 spiro atoms. The van der Waals surface area contributed by atoms with Gasteiger partial charge in [0.15, 0.2) is 0 Å². The molecule has 2 rings (SSSR count). The zero-order chi connectivity index (χ0) is 13.7. The third-order valence-corrected chi connectivity index (χ3v) is 3.02. The van der Waals surface area contributed by atoms with E-state index in [-0.39, 0.29) is 11.9 Å². The first-order chi connectivity index (χ1) is 9.15. The molecule has 6 heteroatoms. The van der Waals surface area contributed by atoms with E-state index >= 15 is 0 Å². The maximum absolute atomic E-state index is 12.1. The molecular formula is C13H18N4O2. The fourth-order valence-corrected chi connectivity index (χ4v) is 2.12. The van der Waals surface area contributed by atoms with Gasteiger partial charge in [-0.25, -0.2) is 4.79 Å². The van der Waals surface area contributed by atoms with E-state index < -0.39 is 6.03 Å². The predicted molar refractivity (Wildman–Crippen MR) is 73.0 cm³/mol. The summed E-state index contributed by atoms with van der Waals surface area (Å²) in [5, 5.41) is 8.66. The van der Waals surface area contributed by atoms with Crippen LogP contribution in [0.2, 0.25) is 0 Å². The van der Waals surface area contributed by atoms with Crippen LogP contribution in [0.25, 0.3) is 0 Å². The molecule has 1 saturated heterocycles. The van der Waals surface area contributed by atoms with Crippen LogP contribution in [0.4, 0.5) is 10.5 Å². The molecular weight excluding hydrogens is 244 g/mol. The average Bonchev–Trinajstić information content (AvgIpc) is 2.39. The summed E-state index contributed by atoms with van der Waals surface area (Å²) in [7, 11) is 0. The number of hydrogen-bond acceptors (Lipinski definition) is 3. The lowest BCUT2D eigenvalue weighted by Gasteiger charge is -2.23. The molecule has 1 aliphatic rings. The van der Waals surface area contributed by atoms with E-state index in [1.54, 1.807) is 24.3 Å². The van der Waals surface area contributed by atoms with Gasteiger partial charge in [-0.2, -0.15) is 0 Å². The summed E-state index contributed by atoms with van der Waals surface area (Å²) in [5.74, 6) is -0.137. The lowest BCUT2D eigenvalue weighted by Crippen LogP contribution is -2.45. The van der Waals surface area contributed by atoms with Crippen molar-refractivity contribution in [1.29, 1.82) is 0 Å². The Balaban J connectivity index is 1.99. The van der Waals surface area contributed by atoms with E-state index in [0.717, 1.165) is 25.9 Å². The summed E-state index contributed by atoms with van der Waals surface area (Å²) in [6.45, 7) is 1.80. The summed E-state index contributed by atoms with van der Waals surface area (Å²) in [6.07, 6.45) is 2.05. The third-order valence-electron chi connectivity index (χ3n) is 3.02. The van der Waals surface area contributed by atoms with Crippen LogP contribution in [0.3, 0.4) is 0 Å². The van der Waals surface area contributed by atoms with Gasteiger partial charge in [0.1, 0.15) is 0 Å². The molecule has 19 heavy (non-hydrogen) atoms. The zero-order valence-corrected chi connectivity index (χ0v) is 10.6. The summed E-state index contributed by atoms with van der Waals surface area (Å²) in [5.41, 5.74) is 6.07. The summed E-state index contributed by atoms with van der Waals surface area (Å²) < 4.78 is 0. The van der Waals surface area contributed by atoms with E-state index in [1.165, 1.54) is 0 Å². The number of amides is 3. The van der Waals surface area contributed by atoms with Crippen molar-refractivity contribution in [3.63, 3.8) is 0 Å². The highest BCUT2D eigenvalue weighted by molar-refractivity contribution is 5.96. The Morgan fingerprint density at radius 2 is 2.21 bits per heavy atom. The molecule has 6 nitrogen and oxygen atoms in total. The fourth-order valence-electron chi connectivity index (χ4n) is 2.12. The van der Waals surface area contributed by atoms with Crippen molar-refractivity contribution in [3.05, 3.63) is 29.8 Å². The highest BCUT2D eigenvalue weighted by atomic mass is 16.2. The second kappa shape index (κ2) is 6.19. The Morgan fingerprint density at radius 3 is 2.89 bits per heavy atom. The van der Waals surface area contributed by atoms with Crippen molar-refractivity contribution in [2.24, 2.45) is 5.73 Å². The summed E-state index contributed by atoms with van der Waals surface area (Å²) >= 11 is 0. The molecule has 1 fully saturated rings. The summed E-state index contributed by atoms with van der Waals surface area (Å²) in [6, 6.07) is 6.22. The largest absolute Gasteiger partial charge is 0.351 e. The smallest absolute Gasteiger partial charge is 0.316 e. The molecule has 0 radical (unpaired) electrons. The van der Waals surface area contributed by atoms with Crippen LogP contribution < -0.4 is 21.7 Å². The van der Waals surface area contributed by atoms with E-state index in [9.17, 15) is 9.59 Å². The molecule has 0 bridgehead atoms. The van der Waals surface area contributed by atoms with Gasteiger partial charge < -0.3 is 21.7 Å². The maximum atomic E-state index is 12.1. The highest BCUT2D eigenvalue weighted by Crippen LogP contribution is 2.11. The second-order valence-electron chi connectivity index (χ2n) is 4.59. The quantitative estimate of drug-likeness (QED) is 0.644. The molecule has 0 aliphatic carbocycles. The second-order valence-corrected chi connectivity index (χ2v) is 4.59. The first-order valence-electron chi connectivity index (χ1n) is 6.33. The minimum atomic E-state index is -0.644. The van der Waals surface area contributed by atoms with Gasteiger partial charge in [-0.05, 0) is 37.6 Å². The van der Waals surface area contributed by atoms with Gasteiger partial charge in [-0.3, -0.25) is 4.79 Å². The van der Waals surface area contributed by atoms with Crippen LogP contribution in [0.5, 0.6) is 0 Å². The molecule has 0 aromatic heterocycles. The number of piperidine rings is 1. The third kappa shape index (κ3) is 3.96. The molecule has 1 aromatic rings. The Hall–Kier alpha value is -2.08. The predicted octanol–water partition coefficient (Wildman–Crippen LogP) is 0.659. The number of carbonyl (C=O) groups excluding carboxylic acids is 2. The minimum Gasteiger partial charge on any atom is -0.351 e. The lowest BCUT2D eigenvalue weighted by atomic mass is 10.1. The molecule has 3 amide bonds. The van der Waals surface area contributed by atoms with E-state index in [0.29, 0.717) is 11.3 Å². The van der Waals surface area contributed by atoms with Crippen molar-refractivity contribution in [2.45, 2.75) is 18.9 Å². The van der Waals surface area contributed by atoms with E-state index in [4.69, 9.17) is 5.73 Å². The standard InChI is InChI=1S/C13H18N4O2/c14-13(19)17-10-4-1-3-9(7-10)12(18)16-11-5-2-6-15-8-11/h1,3-4,7,11,15H,2,5-6,8H2,(H,16,18)(H3,14,17,19). The van der Waals surface area contributed by atoms with Crippen molar-refractivity contribution in [2.75, 3.05) is 18.4 Å². The SMILES string of the molecule is NC(=O)Nc1cccc(C(=O)NC2CCCNC2)c1. The van der Waals surface area contributed by atoms with Crippen molar-refractivity contribution >= 4 is 17.6 Å². The molecule has 1 atom stereocenters. The number of nitrogens with two attached hydrogens (primary N) is 1. The number of rotatable bonds is 3. The first kappa shape index (κ1) is 13.4. The topological polar surface area (TPSA) is 96.2 Å².